The Bertz CT molecular complexity index is 718. The molecule has 0 bridgehead atoms. The maximum atomic E-state index is 13.3. The van der Waals surface area contributed by atoms with E-state index >= 15 is 0 Å². The van der Waals surface area contributed by atoms with Crippen LogP contribution in [0.15, 0.2) is 6.33 Å². The van der Waals surface area contributed by atoms with Crippen LogP contribution in [-0.4, -0.2) is 51.0 Å². The summed E-state index contributed by atoms with van der Waals surface area (Å²) in [4.78, 5) is 12.0. The Morgan fingerprint density at radius 3 is 2.74 bits per heavy atom. The lowest BCUT2D eigenvalue weighted by atomic mass is 10.4. The van der Waals surface area contributed by atoms with Crippen LogP contribution in [0.5, 0.6) is 0 Å². The van der Waals surface area contributed by atoms with Gasteiger partial charge in [0, 0.05) is 12.3 Å². The van der Waals surface area contributed by atoms with Crippen molar-refractivity contribution >= 4 is 35.9 Å². The van der Waals surface area contributed by atoms with E-state index in [1.54, 1.807) is 4.57 Å². The third-order valence-electron chi connectivity index (χ3n) is 3.71. The molecule has 2 rings (SSSR count). The summed E-state index contributed by atoms with van der Waals surface area (Å²) in [5.41, 5.74) is 6.39. The highest BCUT2D eigenvalue weighted by Crippen LogP contribution is 2.44. The summed E-state index contributed by atoms with van der Waals surface area (Å²) in [7, 11) is -2.38. The molecule has 0 saturated carbocycles. The molecule has 0 amide bonds. The number of hydrogen-bond donors (Lipinski definition) is 1. The quantitative estimate of drug-likeness (QED) is 0.572. The van der Waals surface area contributed by atoms with Gasteiger partial charge in [-0.05, 0) is 0 Å². The van der Waals surface area contributed by atoms with Crippen molar-refractivity contribution in [1.82, 2.24) is 19.5 Å². The molecule has 7 nitrogen and oxygen atoms in total. The van der Waals surface area contributed by atoms with E-state index in [4.69, 9.17) is 22.1 Å². The summed E-state index contributed by atoms with van der Waals surface area (Å²) in [5, 5.41) is 0.144. The van der Waals surface area contributed by atoms with Crippen LogP contribution in [0.2, 0.25) is 5.15 Å². The second-order valence-electron chi connectivity index (χ2n) is 5.20. The number of ether oxygens (including phenoxy) is 1. The van der Waals surface area contributed by atoms with Crippen molar-refractivity contribution in [3.05, 3.63) is 11.5 Å². The number of aromatic nitrogens is 4. The average molecular weight is 364 g/mol. The van der Waals surface area contributed by atoms with Gasteiger partial charge in [0.05, 0.1) is 12.9 Å². The standard InChI is InChI=1S/C13H20ClFN5O2P/c1-3-23(21,4-2)8-22-9(5-15)6-20-7-17-10-11(14)18-13(16)19-12(10)20/h7,9H,3-6,8H2,1-2H3,(H2,16,18,19). The highest BCUT2D eigenvalue weighted by atomic mass is 35.5. The SMILES string of the molecule is CCP(=O)(CC)COC(CF)Cn1cnc2c(Cl)nc(N)nc21. The number of rotatable bonds is 8. The maximum absolute atomic E-state index is 13.3. The number of imidazole rings is 1. The first kappa shape index (κ1) is 18.1. The van der Waals surface area contributed by atoms with Gasteiger partial charge in [-0.3, -0.25) is 0 Å². The molecule has 128 valence electrons. The molecule has 0 aliphatic heterocycles. The fourth-order valence-corrected chi connectivity index (χ4v) is 3.59. The van der Waals surface area contributed by atoms with Crippen molar-refractivity contribution in [2.24, 2.45) is 0 Å². The molecule has 10 heteroatoms. The van der Waals surface area contributed by atoms with Crippen LogP contribution >= 0.6 is 18.7 Å². The largest absolute Gasteiger partial charge is 0.368 e. The summed E-state index contributed by atoms with van der Waals surface area (Å²) in [6, 6.07) is 0. The normalized spacial score (nSPS) is 13.6. The molecule has 2 aromatic rings. The van der Waals surface area contributed by atoms with E-state index < -0.39 is 19.9 Å². The van der Waals surface area contributed by atoms with E-state index in [0.717, 1.165) is 0 Å². The molecule has 0 saturated heterocycles. The van der Waals surface area contributed by atoms with Crippen molar-refractivity contribution in [3.8, 4) is 0 Å². The Morgan fingerprint density at radius 2 is 2.13 bits per heavy atom. The minimum absolute atomic E-state index is 0.0171. The van der Waals surface area contributed by atoms with Crippen molar-refractivity contribution in [3.63, 3.8) is 0 Å². The number of fused-ring (bicyclic) bond motifs is 1. The van der Waals surface area contributed by atoms with Gasteiger partial charge in [-0.15, -0.1) is 0 Å². The first-order valence-electron chi connectivity index (χ1n) is 7.31. The number of nitrogens with zero attached hydrogens (tertiary/aromatic N) is 4. The molecule has 0 spiro atoms. The number of anilines is 1. The summed E-state index contributed by atoms with van der Waals surface area (Å²) >= 11 is 5.96. The van der Waals surface area contributed by atoms with Crippen LogP contribution in [0.4, 0.5) is 10.3 Å². The number of hydrogen-bond acceptors (Lipinski definition) is 6. The topological polar surface area (TPSA) is 95.9 Å². The van der Waals surface area contributed by atoms with E-state index in [-0.39, 0.29) is 24.0 Å². The lowest BCUT2D eigenvalue weighted by Gasteiger charge is -2.20. The number of nitrogen functional groups attached to an aromatic ring is 1. The Balaban J connectivity index is 2.15. The fourth-order valence-electron chi connectivity index (χ4n) is 2.07. The van der Waals surface area contributed by atoms with Gasteiger partial charge in [0.15, 0.2) is 10.8 Å². The van der Waals surface area contributed by atoms with Gasteiger partial charge in [-0.1, -0.05) is 25.4 Å². The van der Waals surface area contributed by atoms with E-state index in [0.29, 0.717) is 23.5 Å². The molecule has 1 atom stereocenters. The first-order valence-corrected chi connectivity index (χ1v) is 9.95. The summed E-state index contributed by atoms with van der Waals surface area (Å²) in [6.07, 6.45) is 1.88. The maximum Gasteiger partial charge on any atom is 0.223 e. The predicted molar refractivity (Wildman–Crippen MR) is 89.1 cm³/mol. The van der Waals surface area contributed by atoms with Gasteiger partial charge in [0.2, 0.25) is 5.95 Å². The number of halogens is 2. The zero-order valence-electron chi connectivity index (χ0n) is 13.1. The Kier molecular flexibility index (Phi) is 5.95. The summed E-state index contributed by atoms with van der Waals surface area (Å²) in [6.45, 7) is 3.17. The van der Waals surface area contributed by atoms with Crippen LogP contribution in [0, 0.1) is 0 Å². The number of nitrogens with two attached hydrogens (primary N) is 1. The van der Waals surface area contributed by atoms with Crippen molar-refractivity contribution in [1.29, 1.82) is 0 Å². The third kappa shape index (κ3) is 4.19. The molecule has 1 unspecified atom stereocenters. The van der Waals surface area contributed by atoms with Crippen LogP contribution in [0.25, 0.3) is 11.2 Å². The van der Waals surface area contributed by atoms with Crippen LogP contribution < -0.4 is 5.73 Å². The van der Waals surface area contributed by atoms with Crippen LogP contribution in [-0.2, 0) is 15.8 Å². The van der Waals surface area contributed by atoms with Crippen LogP contribution in [0.3, 0.4) is 0 Å². The van der Waals surface area contributed by atoms with Gasteiger partial charge in [-0.25, -0.2) is 9.37 Å². The highest BCUT2D eigenvalue weighted by Gasteiger charge is 2.21. The van der Waals surface area contributed by atoms with Crippen LogP contribution in [0.1, 0.15) is 13.8 Å². The molecule has 0 aromatic carbocycles. The van der Waals surface area contributed by atoms with Crippen molar-refractivity contribution < 1.29 is 13.7 Å². The third-order valence-corrected chi connectivity index (χ3v) is 6.90. The van der Waals surface area contributed by atoms with Gasteiger partial charge < -0.3 is 19.6 Å². The molecule has 0 aliphatic carbocycles. The van der Waals surface area contributed by atoms with Gasteiger partial charge in [-0.2, -0.15) is 9.97 Å². The monoisotopic (exact) mass is 363 g/mol. The molecule has 2 N–H and O–H groups in total. The molecule has 0 radical (unpaired) electrons. The van der Waals surface area contributed by atoms with E-state index in [2.05, 4.69) is 15.0 Å². The second kappa shape index (κ2) is 7.55. The van der Waals surface area contributed by atoms with E-state index in [1.807, 2.05) is 13.8 Å². The first-order chi connectivity index (χ1) is 10.9. The van der Waals surface area contributed by atoms with Crippen molar-refractivity contribution in [2.75, 3.05) is 31.1 Å². The molecular formula is C13H20ClFN5O2P. The minimum Gasteiger partial charge on any atom is -0.368 e. The molecule has 23 heavy (non-hydrogen) atoms. The lowest BCUT2D eigenvalue weighted by Crippen LogP contribution is -2.23. The fraction of sp³-hybridized carbons (Fsp3) is 0.615. The molecule has 2 heterocycles. The molecule has 0 fully saturated rings. The van der Waals surface area contributed by atoms with Gasteiger partial charge in [0.25, 0.3) is 0 Å². The second-order valence-corrected chi connectivity index (χ2v) is 9.20. The Hall–Kier alpha value is -1.24. The molecule has 0 aliphatic rings. The van der Waals surface area contributed by atoms with E-state index in [1.165, 1.54) is 6.33 Å². The lowest BCUT2D eigenvalue weighted by molar-refractivity contribution is 0.0521. The molecular weight excluding hydrogens is 344 g/mol. The van der Waals surface area contributed by atoms with Gasteiger partial charge in [0.1, 0.15) is 31.8 Å². The Morgan fingerprint density at radius 1 is 1.43 bits per heavy atom. The van der Waals surface area contributed by atoms with Crippen molar-refractivity contribution in [2.45, 2.75) is 26.5 Å². The average Bonchev–Trinajstić information content (AvgIpc) is 2.94. The number of alkyl halides is 1. The summed E-state index contributed by atoms with van der Waals surface area (Å²) in [5.74, 6) is 0.0171. The highest BCUT2D eigenvalue weighted by molar-refractivity contribution is 7.63. The zero-order valence-corrected chi connectivity index (χ0v) is 14.7. The molecule has 2 aromatic heterocycles. The zero-order chi connectivity index (χ0) is 17.0. The predicted octanol–water partition coefficient (Wildman–Crippen LogP) is 2.78. The Labute approximate surface area is 138 Å². The summed E-state index contributed by atoms with van der Waals surface area (Å²) < 4.78 is 32.7. The van der Waals surface area contributed by atoms with Gasteiger partial charge >= 0.3 is 0 Å². The minimum atomic E-state index is -2.38. The van der Waals surface area contributed by atoms with E-state index in [9.17, 15) is 8.96 Å². The smallest absolute Gasteiger partial charge is 0.223 e.